The third-order valence-corrected chi connectivity index (χ3v) is 2.41. The predicted octanol–water partition coefficient (Wildman–Crippen LogP) is 0.433. The number of methoxy groups -OCH3 is 1. The highest BCUT2D eigenvalue weighted by Gasteiger charge is 2.05. The summed E-state index contributed by atoms with van der Waals surface area (Å²) in [4.78, 5) is 18.0. The fourth-order valence-electron chi connectivity index (χ4n) is 1.64. The van der Waals surface area contributed by atoms with Crippen molar-refractivity contribution < 1.29 is 4.74 Å². The van der Waals surface area contributed by atoms with Crippen molar-refractivity contribution in [2.24, 2.45) is 7.05 Å². The van der Waals surface area contributed by atoms with E-state index in [9.17, 15) is 4.79 Å². The average Bonchev–Trinajstić information content (AvgIpc) is 2.66. The quantitative estimate of drug-likeness (QED) is 0.821. The Kier molecular flexibility index (Phi) is 3.31. The summed E-state index contributed by atoms with van der Waals surface area (Å²) in [6.07, 6.45) is 0. The Morgan fingerprint density at radius 1 is 1.50 bits per heavy atom. The fourth-order valence-corrected chi connectivity index (χ4v) is 1.64. The number of aryl methyl sites for hydroxylation is 2. The maximum Gasteiger partial charge on any atom is 0.252 e. The molecule has 0 aliphatic heterocycles. The molecule has 0 saturated carbocycles. The Labute approximate surface area is 104 Å². The van der Waals surface area contributed by atoms with Gasteiger partial charge in [0.2, 0.25) is 5.88 Å². The topological polar surface area (TPSA) is 84.8 Å². The third kappa shape index (κ3) is 2.68. The molecule has 0 atom stereocenters. The van der Waals surface area contributed by atoms with Crippen LogP contribution in [0.2, 0.25) is 0 Å². The first-order valence-electron chi connectivity index (χ1n) is 5.47. The van der Waals surface area contributed by atoms with E-state index in [1.165, 1.54) is 6.07 Å². The Bertz CT molecular complexity index is 602. The van der Waals surface area contributed by atoms with Crippen molar-refractivity contribution in [1.29, 1.82) is 0 Å². The molecule has 7 heteroatoms. The lowest BCUT2D eigenvalue weighted by Crippen LogP contribution is -2.12. The van der Waals surface area contributed by atoms with E-state index in [4.69, 9.17) is 4.74 Å². The summed E-state index contributed by atoms with van der Waals surface area (Å²) in [6, 6.07) is 3.24. The number of hydrogen-bond donors (Lipinski definition) is 2. The molecular formula is C11H15N5O2. The zero-order chi connectivity index (χ0) is 13.1. The average molecular weight is 249 g/mol. The summed E-state index contributed by atoms with van der Waals surface area (Å²) in [7, 11) is 3.40. The maximum absolute atomic E-state index is 11.3. The highest BCUT2D eigenvalue weighted by atomic mass is 16.5. The molecule has 2 heterocycles. The monoisotopic (exact) mass is 249 g/mol. The summed E-state index contributed by atoms with van der Waals surface area (Å²) >= 11 is 0. The minimum atomic E-state index is -0.177. The van der Waals surface area contributed by atoms with Crippen molar-refractivity contribution in [3.8, 4) is 5.88 Å². The van der Waals surface area contributed by atoms with Gasteiger partial charge in [0.15, 0.2) is 0 Å². The first-order valence-corrected chi connectivity index (χ1v) is 5.47. The molecule has 2 aromatic rings. The minimum Gasteiger partial charge on any atom is -0.481 e. The van der Waals surface area contributed by atoms with Gasteiger partial charge in [-0.1, -0.05) is 0 Å². The standard InChI is InChI=1S/C11H15N5O2/c1-7-13-9(5-10(17)14-7)12-6-8-4-11(18-3)16(2)15-8/h4-5H,6H2,1-3H3,(H2,12,13,14,17). The van der Waals surface area contributed by atoms with Crippen LogP contribution in [0.4, 0.5) is 5.82 Å². The number of aromatic amines is 1. The van der Waals surface area contributed by atoms with Crippen molar-refractivity contribution in [3.63, 3.8) is 0 Å². The molecule has 0 aromatic carbocycles. The minimum absolute atomic E-state index is 0.177. The van der Waals surface area contributed by atoms with E-state index in [-0.39, 0.29) is 5.56 Å². The van der Waals surface area contributed by atoms with Gasteiger partial charge in [-0.25, -0.2) is 9.67 Å². The van der Waals surface area contributed by atoms with Gasteiger partial charge in [0.25, 0.3) is 5.56 Å². The Balaban J connectivity index is 2.08. The molecule has 0 unspecified atom stereocenters. The molecular weight excluding hydrogens is 234 g/mol. The van der Waals surface area contributed by atoms with E-state index in [0.717, 1.165) is 5.69 Å². The molecule has 0 saturated heterocycles. The molecule has 0 radical (unpaired) electrons. The van der Waals surface area contributed by atoms with Crippen LogP contribution in [-0.2, 0) is 13.6 Å². The number of rotatable bonds is 4. The lowest BCUT2D eigenvalue weighted by atomic mass is 10.4. The van der Waals surface area contributed by atoms with E-state index in [1.807, 2.05) is 6.07 Å². The van der Waals surface area contributed by atoms with Crippen molar-refractivity contribution in [3.05, 3.63) is 34.0 Å². The molecule has 0 amide bonds. The molecule has 96 valence electrons. The fraction of sp³-hybridized carbons (Fsp3) is 0.364. The van der Waals surface area contributed by atoms with E-state index in [0.29, 0.717) is 24.1 Å². The molecule has 0 aliphatic carbocycles. The summed E-state index contributed by atoms with van der Waals surface area (Å²) in [5, 5.41) is 7.30. The number of nitrogens with zero attached hydrogens (tertiary/aromatic N) is 3. The zero-order valence-electron chi connectivity index (χ0n) is 10.5. The molecule has 0 aliphatic rings. The van der Waals surface area contributed by atoms with Gasteiger partial charge in [0.05, 0.1) is 19.3 Å². The van der Waals surface area contributed by atoms with Gasteiger partial charge in [-0.05, 0) is 6.92 Å². The number of ether oxygens (including phenoxy) is 1. The van der Waals surface area contributed by atoms with Crippen LogP contribution in [0.1, 0.15) is 11.5 Å². The SMILES string of the molecule is COc1cc(CNc2cc(=O)[nH]c(C)n2)nn1C. The zero-order valence-corrected chi connectivity index (χ0v) is 10.5. The Morgan fingerprint density at radius 2 is 2.28 bits per heavy atom. The molecule has 2 aromatic heterocycles. The second-order valence-corrected chi connectivity index (χ2v) is 3.87. The van der Waals surface area contributed by atoms with Crippen LogP contribution < -0.4 is 15.6 Å². The maximum atomic E-state index is 11.3. The summed E-state index contributed by atoms with van der Waals surface area (Å²) < 4.78 is 6.76. The number of nitrogens with one attached hydrogen (secondary N) is 2. The van der Waals surface area contributed by atoms with Crippen molar-refractivity contribution >= 4 is 5.82 Å². The molecule has 0 fully saturated rings. The lowest BCUT2D eigenvalue weighted by molar-refractivity contribution is 0.373. The molecule has 7 nitrogen and oxygen atoms in total. The third-order valence-electron chi connectivity index (χ3n) is 2.41. The molecule has 0 bridgehead atoms. The second kappa shape index (κ2) is 4.91. The van der Waals surface area contributed by atoms with Crippen LogP contribution in [0.25, 0.3) is 0 Å². The number of anilines is 1. The Hall–Kier alpha value is -2.31. The van der Waals surface area contributed by atoms with Crippen molar-refractivity contribution in [2.75, 3.05) is 12.4 Å². The van der Waals surface area contributed by atoms with E-state index < -0.39 is 0 Å². The first-order chi connectivity index (χ1) is 8.58. The van der Waals surface area contributed by atoms with E-state index in [2.05, 4.69) is 20.4 Å². The number of aromatic nitrogens is 4. The highest BCUT2D eigenvalue weighted by molar-refractivity contribution is 5.34. The molecule has 2 rings (SSSR count). The lowest BCUT2D eigenvalue weighted by Gasteiger charge is -2.03. The smallest absolute Gasteiger partial charge is 0.252 e. The largest absolute Gasteiger partial charge is 0.481 e. The first kappa shape index (κ1) is 12.2. The molecule has 0 spiro atoms. The van der Waals surface area contributed by atoms with Crippen molar-refractivity contribution in [1.82, 2.24) is 19.7 Å². The van der Waals surface area contributed by atoms with Crippen LogP contribution in [0.3, 0.4) is 0 Å². The van der Waals surface area contributed by atoms with Crippen molar-refractivity contribution in [2.45, 2.75) is 13.5 Å². The van der Waals surface area contributed by atoms with Gasteiger partial charge in [0.1, 0.15) is 11.6 Å². The number of H-pyrrole nitrogens is 1. The second-order valence-electron chi connectivity index (χ2n) is 3.87. The van der Waals surface area contributed by atoms with Gasteiger partial charge < -0.3 is 15.0 Å². The Morgan fingerprint density at radius 3 is 2.89 bits per heavy atom. The van der Waals surface area contributed by atoms with E-state index >= 15 is 0 Å². The van der Waals surface area contributed by atoms with E-state index in [1.54, 1.807) is 25.8 Å². The van der Waals surface area contributed by atoms with Crippen LogP contribution in [0.15, 0.2) is 16.9 Å². The van der Waals surface area contributed by atoms with Gasteiger partial charge in [0, 0.05) is 19.2 Å². The molecule has 18 heavy (non-hydrogen) atoms. The highest BCUT2D eigenvalue weighted by Crippen LogP contribution is 2.12. The molecule has 2 N–H and O–H groups in total. The van der Waals surface area contributed by atoms with Gasteiger partial charge in [-0.2, -0.15) is 5.10 Å². The normalized spacial score (nSPS) is 10.4. The predicted molar refractivity (Wildman–Crippen MR) is 66.7 cm³/mol. The number of hydrogen-bond acceptors (Lipinski definition) is 5. The van der Waals surface area contributed by atoms with Crippen LogP contribution in [-0.4, -0.2) is 26.9 Å². The van der Waals surface area contributed by atoms with Gasteiger partial charge >= 0.3 is 0 Å². The van der Waals surface area contributed by atoms with Gasteiger partial charge in [-0.15, -0.1) is 0 Å². The van der Waals surface area contributed by atoms with Gasteiger partial charge in [-0.3, -0.25) is 4.79 Å². The van der Waals surface area contributed by atoms with Crippen LogP contribution in [0.5, 0.6) is 5.88 Å². The summed E-state index contributed by atoms with van der Waals surface area (Å²) in [5.74, 6) is 1.78. The van der Waals surface area contributed by atoms with Crippen LogP contribution in [0, 0.1) is 6.92 Å². The summed E-state index contributed by atoms with van der Waals surface area (Å²) in [5.41, 5.74) is 0.637. The van der Waals surface area contributed by atoms with Crippen LogP contribution >= 0.6 is 0 Å². The summed E-state index contributed by atoms with van der Waals surface area (Å²) in [6.45, 7) is 2.21.